The van der Waals surface area contributed by atoms with Gasteiger partial charge in [0.25, 0.3) is 5.91 Å². The van der Waals surface area contributed by atoms with Crippen molar-refractivity contribution in [3.63, 3.8) is 0 Å². The molecule has 1 aromatic carbocycles. The minimum Gasteiger partial charge on any atom is -0.351 e. The van der Waals surface area contributed by atoms with Gasteiger partial charge in [-0.2, -0.15) is 19.6 Å². The number of carbonyl (C=O) groups excluding carboxylic acids is 2. The lowest BCUT2D eigenvalue weighted by Gasteiger charge is -2.16. The molecule has 9 nitrogen and oxygen atoms in total. The molecule has 1 aliphatic carbocycles. The molecule has 9 heteroatoms. The van der Waals surface area contributed by atoms with Crippen LogP contribution in [0.3, 0.4) is 0 Å². The van der Waals surface area contributed by atoms with Gasteiger partial charge in [0.2, 0.25) is 17.8 Å². The predicted octanol–water partition coefficient (Wildman–Crippen LogP) is 2.61. The van der Waals surface area contributed by atoms with Crippen LogP contribution in [0.1, 0.15) is 48.9 Å². The molecule has 1 aliphatic heterocycles. The first-order valence-corrected chi connectivity index (χ1v) is 10.4. The number of fused-ring (bicyclic) bond motifs is 1. The van der Waals surface area contributed by atoms with Crippen LogP contribution in [0.4, 0.5) is 11.9 Å². The number of rotatable bonds is 6. The molecule has 0 radical (unpaired) electrons. The topological polar surface area (TPSA) is 113 Å². The molecule has 0 unspecified atom stereocenters. The Morgan fingerprint density at radius 2 is 1.97 bits per heavy atom. The standard InChI is InChI=1S/C22H23N7O2/c1-12-3-5-14(6-4-12)13(2)24-21-27-19-16(9-15-10-18(30)26-20(15)31)11-23-29(19)22(28-21)25-17-7-8-17/h3-6,9,11,13,17H,7-8,10H2,1-2H3,(H,26,30,31)(H2,24,25,27,28)/b15-9+/t13-/m0/s1. The summed E-state index contributed by atoms with van der Waals surface area (Å²) in [5.74, 6) is 0.396. The fourth-order valence-electron chi connectivity index (χ4n) is 3.51. The zero-order chi connectivity index (χ0) is 21.5. The van der Waals surface area contributed by atoms with Crippen molar-refractivity contribution in [3.05, 3.63) is 52.7 Å². The van der Waals surface area contributed by atoms with E-state index in [1.54, 1.807) is 16.8 Å². The molecular formula is C22H23N7O2. The third-order valence-corrected chi connectivity index (χ3v) is 5.45. The molecule has 2 amide bonds. The number of nitrogens with one attached hydrogen (secondary N) is 3. The molecule has 1 saturated carbocycles. The monoisotopic (exact) mass is 417 g/mol. The third kappa shape index (κ3) is 3.98. The maximum atomic E-state index is 12.0. The molecule has 5 rings (SSSR count). The van der Waals surface area contributed by atoms with E-state index in [4.69, 9.17) is 0 Å². The minimum absolute atomic E-state index is 0.000202. The van der Waals surface area contributed by atoms with Gasteiger partial charge in [-0.1, -0.05) is 29.8 Å². The van der Waals surface area contributed by atoms with Crippen LogP contribution in [0.5, 0.6) is 0 Å². The van der Waals surface area contributed by atoms with Gasteiger partial charge in [-0.3, -0.25) is 14.9 Å². The molecule has 2 fully saturated rings. The quantitative estimate of drug-likeness (QED) is 0.417. The molecule has 31 heavy (non-hydrogen) atoms. The van der Waals surface area contributed by atoms with E-state index in [1.165, 1.54) is 5.56 Å². The van der Waals surface area contributed by atoms with E-state index in [0.717, 1.165) is 18.4 Å². The minimum atomic E-state index is -0.374. The van der Waals surface area contributed by atoms with E-state index >= 15 is 0 Å². The maximum Gasteiger partial charge on any atom is 0.254 e. The van der Waals surface area contributed by atoms with Crippen LogP contribution in [-0.2, 0) is 9.59 Å². The van der Waals surface area contributed by atoms with Crippen LogP contribution in [-0.4, -0.2) is 37.4 Å². The Morgan fingerprint density at radius 1 is 1.19 bits per heavy atom. The van der Waals surface area contributed by atoms with Crippen molar-refractivity contribution in [1.29, 1.82) is 0 Å². The second-order valence-electron chi connectivity index (χ2n) is 8.13. The van der Waals surface area contributed by atoms with Gasteiger partial charge >= 0.3 is 0 Å². The largest absolute Gasteiger partial charge is 0.351 e. The van der Waals surface area contributed by atoms with E-state index in [9.17, 15) is 9.59 Å². The van der Waals surface area contributed by atoms with Gasteiger partial charge < -0.3 is 10.6 Å². The summed E-state index contributed by atoms with van der Waals surface area (Å²) < 4.78 is 1.64. The van der Waals surface area contributed by atoms with Crippen LogP contribution in [0, 0.1) is 6.92 Å². The Hall–Kier alpha value is -3.75. The normalized spacial score (nSPS) is 18.5. The van der Waals surface area contributed by atoms with Crippen LogP contribution in [0.2, 0.25) is 0 Å². The second kappa shape index (κ2) is 7.50. The molecule has 3 aromatic rings. The predicted molar refractivity (Wildman–Crippen MR) is 116 cm³/mol. The summed E-state index contributed by atoms with van der Waals surface area (Å²) in [5, 5.41) is 13.5. The highest BCUT2D eigenvalue weighted by molar-refractivity contribution is 6.15. The maximum absolute atomic E-state index is 12.0. The van der Waals surface area contributed by atoms with E-state index in [2.05, 4.69) is 69.1 Å². The van der Waals surface area contributed by atoms with Gasteiger partial charge in [0.15, 0.2) is 5.65 Å². The number of amides is 2. The fraction of sp³-hybridized carbons (Fsp3) is 0.318. The molecule has 2 aromatic heterocycles. The first-order valence-electron chi connectivity index (χ1n) is 10.4. The van der Waals surface area contributed by atoms with Crippen LogP contribution in [0.25, 0.3) is 11.7 Å². The summed E-state index contributed by atoms with van der Waals surface area (Å²) in [6.07, 6.45) is 5.55. The molecule has 0 bridgehead atoms. The third-order valence-electron chi connectivity index (χ3n) is 5.45. The first kappa shape index (κ1) is 19.2. The number of carbonyl (C=O) groups is 2. The van der Waals surface area contributed by atoms with Crippen molar-refractivity contribution in [1.82, 2.24) is 24.9 Å². The number of aromatic nitrogens is 4. The smallest absolute Gasteiger partial charge is 0.254 e. The lowest BCUT2D eigenvalue weighted by molar-refractivity contribution is -0.124. The molecule has 3 N–H and O–H groups in total. The molecule has 1 saturated heterocycles. The van der Waals surface area contributed by atoms with Gasteiger partial charge in [0.1, 0.15) is 0 Å². The van der Waals surface area contributed by atoms with Crippen molar-refractivity contribution >= 4 is 35.4 Å². The number of aryl methyl sites for hydroxylation is 1. The summed E-state index contributed by atoms with van der Waals surface area (Å²) in [6.45, 7) is 4.11. The SMILES string of the molecule is Cc1ccc([C@H](C)Nc2nc(NC3CC3)n3ncc(/C=C4\CC(=O)NC4=O)c3n2)cc1. The van der Waals surface area contributed by atoms with E-state index in [-0.39, 0.29) is 24.3 Å². The van der Waals surface area contributed by atoms with Crippen molar-refractivity contribution in [2.75, 3.05) is 10.6 Å². The number of imide groups is 1. The highest BCUT2D eigenvalue weighted by atomic mass is 16.2. The van der Waals surface area contributed by atoms with E-state index in [0.29, 0.717) is 34.7 Å². The van der Waals surface area contributed by atoms with Crippen molar-refractivity contribution in [3.8, 4) is 0 Å². The van der Waals surface area contributed by atoms with Crippen molar-refractivity contribution in [2.45, 2.75) is 45.2 Å². The molecule has 158 valence electrons. The number of hydrogen-bond donors (Lipinski definition) is 3. The van der Waals surface area contributed by atoms with Gasteiger partial charge in [0.05, 0.1) is 18.7 Å². The lowest BCUT2D eigenvalue weighted by Crippen LogP contribution is -2.19. The number of benzene rings is 1. The molecule has 1 atom stereocenters. The summed E-state index contributed by atoms with van der Waals surface area (Å²) in [4.78, 5) is 32.8. The highest BCUT2D eigenvalue weighted by Gasteiger charge is 2.26. The average Bonchev–Trinajstić information content (AvgIpc) is 3.37. The summed E-state index contributed by atoms with van der Waals surface area (Å²) in [5.41, 5.74) is 3.96. The van der Waals surface area contributed by atoms with Gasteiger partial charge in [-0.25, -0.2) is 0 Å². The van der Waals surface area contributed by atoms with Crippen LogP contribution < -0.4 is 16.0 Å². The number of anilines is 2. The number of nitrogens with zero attached hydrogens (tertiary/aromatic N) is 4. The Kier molecular flexibility index (Phi) is 4.65. The Morgan fingerprint density at radius 3 is 2.65 bits per heavy atom. The Balaban J connectivity index is 1.52. The fourth-order valence-corrected chi connectivity index (χ4v) is 3.51. The zero-order valence-corrected chi connectivity index (χ0v) is 17.3. The van der Waals surface area contributed by atoms with Crippen LogP contribution in [0.15, 0.2) is 36.0 Å². The molecule has 3 heterocycles. The Bertz CT molecular complexity index is 1210. The summed E-state index contributed by atoms with van der Waals surface area (Å²) in [7, 11) is 0. The van der Waals surface area contributed by atoms with Gasteiger partial charge in [-0.05, 0) is 38.3 Å². The van der Waals surface area contributed by atoms with E-state index in [1.807, 2.05) is 0 Å². The van der Waals surface area contributed by atoms with Gasteiger partial charge in [-0.15, -0.1) is 0 Å². The Labute approximate surface area is 179 Å². The summed E-state index contributed by atoms with van der Waals surface area (Å²) >= 11 is 0. The van der Waals surface area contributed by atoms with E-state index < -0.39 is 0 Å². The molecule has 2 aliphatic rings. The molecular weight excluding hydrogens is 394 g/mol. The zero-order valence-electron chi connectivity index (χ0n) is 17.3. The highest BCUT2D eigenvalue weighted by Crippen LogP contribution is 2.27. The summed E-state index contributed by atoms with van der Waals surface area (Å²) in [6, 6.07) is 8.70. The van der Waals surface area contributed by atoms with Crippen LogP contribution >= 0.6 is 0 Å². The van der Waals surface area contributed by atoms with Crippen molar-refractivity contribution < 1.29 is 9.59 Å². The van der Waals surface area contributed by atoms with Crippen molar-refractivity contribution in [2.24, 2.45) is 0 Å². The van der Waals surface area contributed by atoms with Gasteiger partial charge in [0, 0.05) is 17.2 Å². The second-order valence-corrected chi connectivity index (χ2v) is 8.13. The lowest BCUT2D eigenvalue weighted by atomic mass is 10.1. The molecule has 0 spiro atoms. The number of hydrogen-bond acceptors (Lipinski definition) is 7. The average molecular weight is 417 g/mol. The first-order chi connectivity index (χ1) is 15.0.